The molecule has 0 spiro atoms. The third kappa shape index (κ3) is 3.20. The largest absolute Gasteiger partial charge is 0.295 e. The van der Waals surface area contributed by atoms with Crippen LogP contribution < -0.4 is 0 Å². The average molecular weight is 236 g/mol. The van der Waals surface area contributed by atoms with Crippen LogP contribution in [0.5, 0.6) is 0 Å². The molecule has 88 valence electrons. The zero-order chi connectivity index (χ0) is 13.0. The van der Waals surface area contributed by atoms with Crippen LogP contribution in [0.15, 0.2) is 24.3 Å². The molecule has 0 aliphatic carbocycles. The normalized spacial score (nSPS) is 10.4. The van der Waals surface area contributed by atoms with Gasteiger partial charge >= 0.3 is 0 Å². The number of rotatable bonds is 4. The topological polar surface area (TPSA) is 103 Å². The molecule has 0 unspecified atom stereocenters. The summed E-state index contributed by atoms with van der Waals surface area (Å²) in [7, 11) is 0. The number of hydrogen-bond donors (Lipinski definition) is 0. The second-order valence-corrected chi connectivity index (χ2v) is 3.20. The molecule has 17 heavy (non-hydrogen) atoms. The van der Waals surface area contributed by atoms with Crippen molar-refractivity contribution < 1.29 is 14.6 Å². The zero-order valence-corrected chi connectivity index (χ0v) is 8.82. The van der Waals surface area contributed by atoms with Crippen LogP contribution in [-0.4, -0.2) is 15.6 Å². The Balaban J connectivity index is 3.27. The molecule has 0 bridgehead atoms. The maximum atomic E-state index is 10.7. The molecule has 0 aliphatic rings. The lowest BCUT2D eigenvalue weighted by Crippen LogP contribution is -1.95. The molecule has 0 heterocycles. The minimum atomic E-state index is -0.729. The van der Waals surface area contributed by atoms with E-state index in [9.17, 15) is 25.0 Å². The molecule has 0 atom stereocenters. The van der Waals surface area contributed by atoms with Crippen LogP contribution in [0.1, 0.15) is 12.5 Å². The predicted molar refractivity (Wildman–Crippen MR) is 59.5 cm³/mol. The Hall–Kier alpha value is -2.57. The van der Waals surface area contributed by atoms with E-state index in [1.165, 1.54) is 19.1 Å². The number of ketones is 1. The fraction of sp³-hybridized carbons (Fsp3) is 0.100. The van der Waals surface area contributed by atoms with Crippen molar-refractivity contribution in [2.45, 2.75) is 6.92 Å². The minimum Gasteiger partial charge on any atom is -0.295 e. The SMILES string of the molecule is CC(=O)C=Cc1ccc([N+](=O)[O-])cc1[N+](=O)[O-]. The lowest BCUT2D eigenvalue weighted by Gasteiger charge is -1.97. The summed E-state index contributed by atoms with van der Waals surface area (Å²) in [6, 6.07) is 3.24. The zero-order valence-electron chi connectivity index (χ0n) is 8.82. The smallest absolute Gasteiger partial charge is 0.283 e. The van der Waals surface area contributed by atoms with Gasteiger partial charge in [-0.1, -0.05) is 0 Å². The van der Waals surface area contributed by atoms with E-state index >= 15 is 0 Å². The number of benzene rings is 1. The number of nitro benzene ring substituents is 2. The van der Waals surface area contributed by atoms with Gasteiger partial charge in [-0.15, -0.1) is 0 Å². The summed E-state index contributed by atoms with van der Waals surface area (Å²) in [5.74, 6) is -0.266. The summed E-state index contributed by atoms with van der Waals surface area (Å²) in [5.41, 5.74) is -0.621. The van der Waals surface area contributed by atoms with E-state index in [2.05, 4.69) is 0 Å². The van der Waals surface area contributed by atoms with Crippen molar-refractivity contribution in [2.24, 2.45) is 0 Å². The van der Waals surface area contributed by atoms with E-state index in [1.807, 2.05) is 0 Å². The fourth-order valence-corrected chi connectivity index (χ4v) is 1.15. The maximum absolute atomic E-state index is 10.7. The Bertz CT molecular complexity index is 521. The molecule has 1 rings (SSSR count). The van der Waals surface area contributed by atoms with Gasteiger partial charge in [0.1, 0.15) is 0 Å². The van der Waals surface area contributed by atoms with Crippen LogP contribution in [0.2, 0.25) is 0 Å². The van der Waals surface area contributed by atoms with Crippen LogP contribution >= 0.6 is 0 Å². The number of carbonyl (C=O) groups excluding carboxylic acids is 1. The molecule has 1 aromatic rings. The monoisotopic (exact) mass is 236 g/mol. The van der Waals surface area contributed by atoms with E-state index in [4.69, 9.17) is 0 Å². The summed E-state index contributed by atoms with van der Waals surface area (Å²) < 4.78 is 0. The van der Waals surface area contributed by atoms with Crippen molar-refractivity contribution in [2.75, 3.05) is 0 Å². The molecule has 0 amide bonds. The number of nitro groups is 2. The number of non-ortho nitro benzene ring substituents is 1. The molecular formula is C10H8N2O5. The molecule has 0 saturated carbocycles. The first-order chi connectivity index (χ1) is 7.91. The van der Waals surface area contributed by atoms with Crippen molar-refractivity contribution in [3.63, 3.8) is 0 Å². The molecular weight excluding hydrogens is 228 g/mol. The van der Waals surface area contributed by atoms with Crippen molar-refractivity contribution in [1.82, 2.24) is 0 Å². The number of hydrogen-bond acceptors (Lipinski definition) is 5. The Kier molecular flexibility index (Phi) is 3.66. The first-order valence-corrected chi connectivity index (χ1v) is 4.53. The van der Waals surface area contributed by atoms with Crippen LogP contribution in [0.25, 0.3) is 6.08 Å². The third-order valence-corrected chi connectivity index (χ3v) is 1.92. The average Bonchev–Trinajstić information content (AvgIpc) is 2.25. The van der Waals surface area contributed by atoms with E-state index in [0.717, 1.165) is 18.2 Å². The molecule has 0 N–H and O–H groups in total. The van der Waals surface area contributed by atoms with Crippen LogP contribution in [0.4, 0.5) is 11.4 Å². The van der Waals surface area contributed by atoms with Gasteiger partial charge < -0.3 is 0 Å². The highest BCUT2D eigenvalue weighted by Crippen LogP contribution is 2.25. The van der Waals surface area contributed by atoms with Gasteiger partial charge in [0.25, 0.3) is 11.4 Å². The second-order valence-electron chi connectivity index (χ2n) is 3.20. The van der Waals surface area contributed by atoms with Gasteiger partial charge in [-0.05, 0) is 25.1 Å². The van der Waals surface area contributed by atoms with Crippen molar-refractivity contribution in [3.8, 4) is 0 Å². The van der Waals surface area contributed by atoms with Gasteiger partial charge in [0.05, 0.1) is 21.5 Å². The third-order valence-electron chi connectivity index (χ3n) is 1.92. The highest BCUT2D eigenvalue weighted by atomic mass is 16.6. The van der Waals surface area contributed by atoms with Crippen LogP contribution in [0, 0.1) is 20.2 Å². The lowest BCUT2D eigenvalue weighted by molar-refractivity contribution is -0.394. The highest BCUT2D eigenvalue weighted by Gasteiger charge is 2.17. The first kappa shape index (κ1) is 12.5. The molecule has 0 saturated heterocycles. The number of nitrogens with zero attached hydrogens (tertiary/aromatic N) is 2. The first-order valence-electron chi connectivity index (χ1n) is 4.53. The lowest BCUT2D eigenvalue weighted by atomic mass is 10.1. The maximum Gasteiger partial charge on any atom is 0.283 e. The van der Waals surface area contributed by atoms with Gasteiger partial charge in [-0.3, -0.25) is 25.0 Å². The Morgan fingerprint density at radius 1 is 1.24 bits per heavy atom. The fourth-order valence-electron chi connectivity index (χ4n) is 1.15. The highest BCUT2D eigenvalue weighted by molar-refractivity contribution is 5.92. The molecule has 0 aromatic heterocycles. The molecule has 1 aromatic carbocycles. The van der Waals surface area contributed by atoms with E-state index in [-0.39, 0.29) is 17.0 Å². The summed E-state index contributed by atoms with van der Waals surface area (Å²) in [6.45, 7) is 1.30. The molecule has 7 heteroatoms. The Labute approximate surface area is 95.7 Å². The van der Waals surface area contributed by atoms with Gasteiger partial charge in [0.2, 0.25) is 0 Å². The van der Waals surface area contributed by atoms with Crippen LogP contribution in [0.3, 0.4) is 0 Å². The second kappa shape index (κ2) is 4.97. The minimum absolute atomic E-state index is 0.149. The van der Waals surface area contributed by atoms with Gasteiger partial charge in [0, 0.05) is 6.07 Å². The molecule has 0 fully saturated rings. The predicted octanol–water partition coefficient (Wildman–Crippen LogP) is 2.11. The quantitative estimate of drug-likeness (QED) is 0.452. The number of carbonyl (C=O) groups is 1. The molecule has 0 radical (unpaired) electrons. The summed E-state index contributed by atoms with van der Waals surface area (Å²) >= 11 is 0. The summed E-state index contributed by atoms with van der Waals surface area (Å²) in [6.07, 6.45) is 2.42. The van der Waals surface area contributed by atoms with E-state index < -0.39 is 15.5 Å². The van der Waals surface area contributed by atoms with Gasteiger partial charge in [-0.25, -0.2) is 0 Å². The van der Waals surface area contributed by atoms with Crippen molar-refractivity contribution in [1.29, 1.82) is 0 Å². The number of allylic oxidation sites excluding steroid dienone is 1. The van der Waals surface area contributed by atoms with E-state index in [0.29, 0.717) is 0 Å². The van der Waals surface area contributed by atoms with Crippen molar-refractivity contribution in [3.05, 3.63) is 50.1 Å². The Morgan fingerprint density at radius 2 is 1.88 bits per heavy atom. The molecule has 7 nitrogen and oxygen atoms in total. The summed E-state index contributed by atoms with van der Waals surface area (Å²) in [5, 5.41) is 21.2. The standard InChI is InChI=1S/C10H8N2O5/c1-7(13)2-3-8-4-5-9(11(14)15)6-10(8)12(16)17/h2-6H,1H3. The summed E-state index contributed by atoms with van der Waals surface area (Å²) in [4.78, 5) is 30.4. The van der Waals surface area contributed by atoms with Crippen molar-refractivity contribution >= 4 is 23.2 Å². The van der Waals surface area contributed by atoms with Gasteiger partial charge in [0.15, 0.2) is 5.78 Å². The van der Waals surface area contributed by atoms with Gasteiger partial charge in [-0.2, -0.15) is 0 Å². The Morgan fingerprint density at radius 3 is 2.35 bits per heavy atom. The van der Waals surface area contributed by atoms with Crippen LogP contribution in [-0.2, 0) is 4.79 Å². The molecule has 0 aliphatic heterocycles. The van der Waals surface area contributed by atoms with E-state index in [1.54, 1.807) is 0 Å².